The number of nitrogens with one attached hydrogen (secondary N) is 1. The van der Waals surface area contributed by atoms with Crippen LogP contribution in [-0.2, 0) is 9.53 Å². The monoisotopic (exact) mass is 383 g/mol. The standard InChI is InChI=1S/C23H30N2O3/c1-17-7-5-6-10-21(17)22(18-8-3-2-4-9-18)28-16-20(26)15-25-13-11-19(12-14-25)23(24)27/h2-10,19-20,22,26H,11-16H2,1H3,(H2,24,27)/p+1/t20-,22-/m1/s1. The zero-order valence-corrected chi connectivity index (χ0v) is 16.5. The number of rotatable bonds is 8. The molecule has 5 heteroatoms. The molecule has 1 saturated heterocycles. The van der Waals surface area contributed by atoms with Crippen LogP contribution in [0.2, 0.25) is 0 Å². The van der Waals surface area contributed by atoms with Crippen LogP contribution >= 0.6 is 0 Å². The summed E-state index contributed by atoms with van der Waals surface area (Å²) in [4.78, 5) is 12.6. The van der Waals surface area contributed by atoms with Gasteiger partial charge < -0.3 is 20.5 Å². The van der Waals surface area contributed by atoms with Gasteiger partial charge in [0.1, 0.15) is 18.8 Å². The Kier molecular flexibility index (Phi) is 7.20. The van der Waals surface area contributed by atoms with E-state index in [-0.39, 0.29) is 24.5 Å². The van der Waals surface area contributed by atoms with Crippen molar-refractivity contribution >= 4 is 5.91 Å². The third-order valence-corrected chi connectivity index (χ3v) is 5.65. The molecule has 150 valence electrons. The van der Waals surface area contributed by atoms with Gasteiger partial charge in [-0.3, -0.25) is 4.79 Å². The maximum atomic E-state index is 11.3. The van der Waals surface area contributed by atoms with Crippen LogP contribution in [0.1, 0.15) is 35.6 Å². The van der Waals surface area contributed by atoms with Crippen molar-refractivity contribution in [3.05, 3.63) is 71.3 Å². The van der Waals surface area contributed by atoms with Gasteiger partial charge in [0.15, 0.2) is 0 Å². The number of aliphatic hydroxyl groups is 1. The van der Waals surface area contributed by atoms with Gasteiger partial charge in [-0.25, -0.2) is 0 Å². The molecular formula is C23H31N2O3+. The van der Waals surface area contributed by atoms with E-state index in [0.29, 0.717) is 6.54 Å². The van der Waals surface area contributed by atoms with Gasteiger partial charge in [-0.05, 0) is 23.6 Å². The number of aliphatic hydroxyl groups excluding tert-OH is 1. The molecule has 1 amide bonds. The minimum Gasteiger partial charge on any atom is -0.385 e. The van der Waals surface area contributed by atoms with Gasteiger partial charge in [-0.15, -0.1) is 0 Å². The number of primary amides is 1. The van der Waals surface area contributed by atoms with E-state index in [1.165, 1.54) is 10.5 Å². The molecule has 0 radical (unpaired) electrons. The average molecular weight is 384 g/mol. The van der Waals surface area contributed by atoms with Crippen LogP contribution in [0.5, 0.6) is 0 Å². The fraction of sp³-hybridized carbons (Fsp3) is 0.435. The number of piperidine rings is 1. The van der Waals surface area contributed by atoms with E-state index in [2.05, 4.69) is 31.2 Å². The number of nitrogens with two attached hydrogens (primary N) is 1. The van der Waals surface area contributed by atoms with Gasteiger partial charge in [-0.1, -0.05) is 54.6 Å². The fourth-order valence-corrected chi connectivity index (χ4v) is 3.99. The predicted molar refractivity (Wildman–Crippen MR) is 109 cm³/mol. The van der Waals surface area contributed by atoms with E-state index in [4.69, 9.17) is 10.5 Å². The lowest BCUT2D eigenvalue weighted by molar-refractivity contribution is -0.908. The van der Waals surface area contributed by atoms with Crippen LogP contribution < -0.4 is 10.6 Å². The molecule has 1 aliphatic heterocycles. The predicted octanol–water partition coefficient (Wildman–Crippen LogP) is 1.24. The first-order chi connectivity index (χ1) is 13.5. The molecule has 0 bridgehead atoms. The number of benzene rings is 2. The Balaban J connectivity index is 1.59. The van der Waals surface area contributed by atoms with Crippen molar-refractivity contribution < 1.29 is 19.5 Å². The first kappa shape index (κ1) is 20.5. The van der Waals surface area contributed by atoms with Crippen LogP contribution in [0, 0.1) is 12.8 Å². The van der Waals surface area contributed by atoms with Gasteiger partial charge in [0.25, 0.3) is 0 Å². The molecular weight excluding hydrogens is 352 g/mol. The Labute approximate surface area is 167 Å². The SMILES string of the molecule is Cc1ccccc1[C@H](OC[C@H](O)C[NH+]1CCC(C(N)=O)CC1)c1ccccc1. The van der Waals surface area contributed by atoms with Crippen molar-refractivity contribution in [3.8, 4) is 0 Å². The summed E-state index contributed by atoms with van der Waals surface area (Å²) in [5.74, 6) is -0.215. The summed E-state index contributed by atoms with van der Waals surface area (Å²) < 4.78 is 6.22. The minimum absolute atomic E-state index is 0.0133. The molecule has 3 rings (SSSR count). The number of quaternary nitrogens is 1. The molecule has 1 aliphatic rings. The third-order valence-electron chi connectivity index (χ3n) is 5.65. The number of hydrogen-bond acceptors (Lipinski definition) is 3. The maximum absolute atomic E-state index is 11.3. The van der Waals surface area contributed by atoms with E-state index >= 15 is 0 Å². The van der Waals surface area contributed by atoms with E-state index < -0.39 is 6.10 Å². The average Bonchev–Trinajstić information content (AvgIpc) is 2.70. The highest BCUT2D eigenvalue weighted by Crippen LogP contribution is 2.28. The maximum Gasteiger partial charge on any atom is 0.220 e. The van der Waals surface area contributed by atoms with E-state index in [0.717, 1.165) is 37.1 Å². The lowest BCUT2D eigenvalue weighted by Crippen LogP contribution is -3.14. The van der Waals surface area contributed by atoms with Crippen LogP contribution in [-0.4, -0.2) is 43.4 Å². The minimum atomic E-state index is -0.546. The van der Waals surface area contributed by atoms with Crippen molar-refractivity contribution in [1.29, 1.82) is 0 Å². The number of amides is 1. The summed E-state index contributed by atoms with van der Waals surface area (Å²) >= 11 is 0. The molecule has 1 heterocycles. The molecule has 0 unspecified atom stereocenters. The Bertz CT molecular complexity index is 757. The third kappa shape index (κ3) is 5.41. The first-order valence-corrected chi connectivity index (χ1v) is 10.1. The molecule has 2 atom stereocenters. The second-order valence-corrected chi connectivity index (χ2v) is 7.77. The van der Waals surface area contributed by atoms with Crippen LogP contribution in [0.4, 0.5) is 0 Å². The highest BCUT2D eigenvalue weighted by atomic mass is 16.5. The molecule has 5 nitrogen and oxygen atoms in total. The summed E-state index contributed by atoms with van der Waals surface area (Å²) in [5, 5.41) is 10.6. The van der Waals surface area contributed by atoms with Gasteiger partial charge in [0.05, 0.1) is 19.7 Å². The van der Waals surface area contributed by atoms with Crippen LogP contribution in [0.25, 0.3) is 0 Å². The van der Waals surface area contributed by atoms with E-state index in [1.54, 1.807) is 0 Å². The fourth-order valence-electron chi connectivity index (χ4n) is 3.99. The number of carbonyl (C=O) groups excluding carboxylic acids is 1. The quantitative estimate of drug-likeness (QED) is 0.642. The molecule has 2 aromatic rings. The van der Waals surface area contributed by atoms with E-state index in [1.807, 2.05) is 30.3 Å². The summed E-state index contributed by atoms with van der Waals surface area (Å²) in [6, 6.07) is 18.3. The largest absolute Gasteiger partial charge is 0.385 e. The Morgan fingerprint density at radius 3 is 2.43 bits per heavy atom. The molecule has 0 spiro atoms. The van der Waals surface area contributed by atoms with Crippen molar-refractivity contribution in [1.82, 2.24) is 0 Å². The highest BCUT2D eigenvalue weighted by Gasteiger charge is 2.27. The second kappa shape index (κ2) is 9.82. The first-order valence-electron chi connectivity index (χ1n) is 10.1. The van der Waals surface area contributed by atoms with Gasteiger partial charge >= 0.3 is 0 Å². The van der Waals surface area contributed by atoms with Crippen molar-refractivity contribution in [3.63, 3.8) is 0 Å². The number of aryl methyl sites for hydroxylation is 1. The second-order valence-electron chi connectivity index (χ2n) is 7.77. The summed E-state index contributed by atoms with van der Waals surface area (Å²) in [5.41, 5.74) is 8.77. The summed E-state index contributed by atoms with van der Waals surface area (Å²) in [7, 11) is 0. The van der Waals surface area contributed by atoms with Crippen LogP contribution in [0.3, 0.4) is 0 Å². The molecule has 1 fully saturated rings. The Morgan fingerprint density at radius 2 is 1.79 bits per heavy atom. The summed E-state index contributed by atoms with van der Waals surface area (Å²) in [6.07, 6.45) is 0.852. The Morgan fingerprint density at radius 1 is 1.14 bits per heavy atom. The molecule has 0 aliphatic carbocycles. The van der Waals surface area contributed by atoms with Crippen molar-refractivity contribution in [2.75, 3.05) is 26.2 Å². The number of ether oxygens (including phenoxy) is 1. The lowest BCUT2D eigenvalue weighted by Gasteiger charge is -2.29. The highest BCUT2D eigenvalue weighted by molar-refractivity contribution is 5.76. The Hall–Kier alpha value is -2.21. The van der Waals surface area contributed by atoms with Gasteiger partial charge in [-0.2, -0.15) is 0 Å². The normalized spacial score (nSPS) is 21.8. The number of hydrogen-bond donors (Lipinski definition) is 3. The number of carbonyl (C=O) groups is 1. The van der Waals surface area contributed by atoms with E-state index in [9.17, 15) is 9.90 Å². The molecule has 28 heavy (non-hydrogen) atoms. The smallest absolute Gasteiger partial charge is 0.220 e. The zero-order valence-electron chi connectivity index (χ0n) is 16.5. The molecule has 4 N–H and O–H groups in total. The van der Waals surface area contributed by atoms with Crippen molar-refractivity contribution in [2.24, 2.45) is 11.7 Å². The summed E-state index contributed by atoms with van der Waals surface area (Å²) in [6.45, 7) is 4.71. The van der Waals surface area contributed by atoms with Crippen molar-refractivity contribution in [2.45, 2.75) is 32.0 Å². The molecule has 0 saturated carbocycles. The van der Waals surface area contributed by atoms with Gasteiger partial charge in [0.2, 0.25) is 5.91 Å². The number of likely N-dealkylation sites (tertiary alicyclic amines) is 1. The van der Waals surface area contributed by atoms with Crippen LogP contribution in [0.15, 0.2) is 54.6 Å². The lowest BCUT2D eigenvalue weighted by atomic mass is 9.96. The molecule has 2 aromatic carbocycles. The van der Waals surface area contributed by atoms with Gasteiger partial charge in [0, 0.05) is 18.8 Å². The molecule has 0 aromatic heterocycles. The topological polar surface area (TPSA) is 77.0 Å². The zero-order chi connectivity index (χ0) is 19.9.